The summed E-state index contributed by atoms with van der Waals surface area (Å²) in [5.74, 6) is 3.19. The molecule has 0 saturated heterocycles. The lowest BCUT2D eigenvalue weighted by atomic mass is 10.2. The van der Waals surface area contributed by atoms with Crippen molar-refractivity contribution in [2.45, 2.75) is 0 Å². The number of ether oxygens (including phenoxy) is 5. The van der Waals surface area contributed by atoms with Crippen molar-refractivity contribution in [3.8, 4) is 57.5 Å². The van der Waals surface area contributed by atoms with Crippen LogP contribution in [0.25, 0.3) is 0 Å². The first-order chi connectivity index (χ1) is 21.1. The molecule has 0 radical (unpaired) electrons. The van der Waals surface area contributed by atoms with E-state index in [1.165, 1.54) is 24.3 Å². The maximum atomic E-state index is 13.7. The number of para-hydroxylation sites is 8. The van der Waals surface area contributed by atoms with E-state index in [1.807, 2.05) is 36.4 Å². The first-order valence-corrected chi connectivity index (χ1v) is 13.4. The summed E-state index contributed by atoms with van der Waals surface area (Å²) >= 11 is 0. The summed E-state index contributed by atoms with van der Waals surface area (Å²) in [6.45, 7) is 0. The summed E-state index contributed by atoms with van der Waals surface area (Å²) in [5.41, 5.74) is 0. The van der Waals surface area contributed by atoms with Crippen LogP contribution < -0.4 is 23.7 Å². The number of benzene rings is 6. The van der Waals surface area contributed by atoms with E-state index in [2.05, 4.69) is 0 Å². The van der Waals surface area contributed by atoms with Crippen molar-refractivity contribution in [3.05, 3.63) is 157 Å². The van der Waals surface area contributed by atoms with E-state index >= 15 is 0 Å². The Morgan fingerprint density at radius 2 is 0.535 bits per heavy atom. The van der Waals surface area contributed by atoms with Gasteiger partial charge in [-0.25, -0.2) is 8.78 Å². The van der Waals surface area contributed by atoms with Crippen molar-refractivity contribution in [3.63, 3.8) is 0 Å². The highest BCUT2D eigenvalue weighted by Crippen LogP contribution is 2.43. The van der Waals surface area contributed by atoms with Gasteiger partial charge in [0.05, 0.1) is 0 Å². The van der Waals surface area contributed by atoms with Crippen molar-refractivity contribution in [1.82, 2.24) is 0 Å². The lowest BCUT2D eigenvalue weighted by Gasteiger charge is -2.17. The monoisotopic (exact) mass is 574 g/mol. The molecule has 5 nitrogen and oxygen atoms in total. The van der Waals surface area contributed by atoms with Gasteiger partial charge < -0.3 is 23.7 Å². The van der Waals surface area contributed by atoms with Gasteiger partial charge in [-0.2, -0.15) is 0 Å². The van der Waals surface area contributed by atoms with Crippen LogP contribution in [0.3, 0.4) is 0 Å². The van der Waals surface area contributed by atoms with Crippen LogP contribution in [0.5, 0.6) is 57.5 Å². The normalized spacial score (nSPS) is 10.6. The average Bonchev–Trinajstić information content (AvgIpc) is 3.01. The fourth-order valence-electron chi connectivity index (χ4n) is 4.15. The van der Waals surface area contributed by atoms with Gasteiger partial charge in [0.25, 0.3) is 0 Å². The minimum atomic E-state index is -0.404. The molecule has 0 fully saturated rings. The van der Waals surface area contributed by atoms with Crippen molar-refractivity contribution in [2.24, 2.45) is 0 Å². The van der Waals surface area contributed by atoms with Gasteiger partial charge in [-0.05, 0) is 72.8 Å². The second-order valence-electron chi connectivity index (χ2n) is 9.21. The number of rotatable bonds is 10. The first kappa shape index (κ1) is 27.4. The number of halogens is 2. The molecular weight excluding hydrogens is 550 g/mol. The van der Waals surface area contributed by atoms with E-state index in [4.69, 9.17) is 23.7 Å². The topological polar surface area (TPSA) is 46.2 Å². The Kier molecular flexibility index (Phi) is 8.13. The molecule has 6 aromatic rings. The van der Waals surface area contributed by atoms with Crippen LogP contribution in [-0.2, 0) is 0 Å². The van der Waals surface area contributed by atoms with E-state index in [0.717, 1.165) is 0 Å². The molecule has 7 heteroatoms. The largest absolute Gasteiger partial charge is 0.453 e. The van der Waals surface area contributed by atoms with Gasteiger partial charge in [0.15, 0.2) is 46.0 Å². The van der Waals surface area contributed by atoms with Crippen LogP contribution >= 0.6 is 0 Å². The third-order valence-electron chi connectivity index (χ3n) is 6.10. The predicted octanol–water partition coefficient (Wildman–Crippen LogP) is 10.9. The summed E-state index contributed by atoms with van der Waals surface area (Å²) in [6, 6.07) is 40.3. The molecule has 0 aliphatic heterocycles. The molecule has 0 unspecified atom stereocenters. The van der Waals surface area contributed by atoms with Crippen molar-refractivity contribution in [2.75, 3.05) is 0 Å². The highest BCUT2D eigenvalue weighted by Gasteiger charge is 2.15. The minimum absolute atomic E-state index is 0.341. The van der Waals surface area contributed by atoms with Gasteiger partial charge in [0.1, 0.15) is 23.1 Å². The van der Waals surface area contributed by atoms with Gasteiger partial charge in [-0.1, -0.05) is 60.7 Å². The van der Waals surface area contributed by atoms with Crippen LogP contribution in [0, 0.1) is 11.6 Å². The standard InChI is InChI=1S/C36H24F2O5/c37-25-11-9-13-27(23-25)39-29-15-1-3-17-31(29)41-33-19-5-7-21-35(33)43-36-22-8-6-20-34(36)42-32-18-4-2-16-30(32)40-28-14-10-12-26(38)24-28/h1-24H. The Morgan fingerprint density at radius 1 is 0.279 bits per heavy atom. The minimum Gasteiger partial charge on any atom is -0.453 e. The van der Waals surface area contributed by atoms with Gasteiger partial charge in [0, 0.05) is 12.1 Å². The summed E-state index contributed by atoms with van der Waals surface area (Å²) in [6.07, 6.45) is 0. The van der Waals surface area contributed by atoms with E-state index in [0.29, 0.717) is 57.5 Å². The molecule has 212 valence electrons. The second kappa shape index (κ2) is 12.8. The molecule has 43 heavy (non-hydrogen) atoms. The van der Waals surface area contributed by atoms with Crippen molar-refractivity contribution < 1.29 is 32.5 Å². The Morgan fingerprint density at radius 3 is 0.791 bits per heavy atom. The molecule has 0 aliphatic carbocycles. The van der Waals surface area contributed by atoms with Crippen molar-refractivity contribution in [1.29, 1.82) is 0 Å². The van der Waals surface area contributed by atoms with Crippen molar-refractivity contribution >= 4 is 0 Å². The molecule has 0 heterocycles. The van der Waals surface area contributed by atoms with E-state index < -0.39 is 11.6 Å². The molecule has 0 aliphatic rings. The maximum Gasteiger partial charge on any atom is 0.170 e. The molecule has 0 N–H and O–H groups in total. The summed E-state index contributed by atoms with van der Waals surface area (Å²) in [5, 5.41) is 0. The highest BCUT2D eigenvalue weighted by molar-refractivity contribution is 5.53. The summed E-state index contributed by atoms with van der Waals surface area (Å²) < 4.78 is 58.0. The first-order valence-electron chi connectivity index (χ1n) is 13.4. The lowest BCUT2D eigenvalue weighted by Crippen LogP contribution is -1.95. The second-order valence-corrected chi connectivity index (χ2v) is 9.21. The fourth-order valence-corrected chi connectivity index (χ4v) is 4.15. The van der Waals surface area contributed by atoms with Gasteiger partial charge in [-0.3, -0.25) is 0 Å². The van der Waals surface area contributed by atoms with Crippen LogP contribution in [-0.4, -0.2) is 0 Å². The Balaban J connectivity index is 1.24. The van der Waals surface area contributed by atoms with E-state index in [9.17, 15) is 8.78 Å². The van der Waals surface area contributed by atoms with Crippen LogP contribution in [0.2, 0.25) is 0 Å². The Labute approximate surface area is 247 Å². The zero-order valence-electron chi connectivity index (χ0n) is 22.7. The molecule has 0 amide bonds. The third kappa shape index (κ3) is 6.92. The Bertz CT molecular complexity index is 1720. The van der Waals surface area contributed by atoms with Gasteiger partial charge >= 0.3 is 0 Å². The van der Waals surface area contributed by atoms with E-state index in [-0.39, 0.29) is 0 Å². The smallest absolute Gasteiger partial charge is 0.170 e. The molecule has 0 saturated carbocycles. The van der Waals surface area contributed by atoms with E-state index in [1.54, 1.807) is 84.9 Å². The Hall–Kier alpha value is -5.82. The number of hydrogen-bond acceptors (Lipinski definition) is 5. The lowest BCUT2D eigenvalue weighted by molar-refractivity contribution is 0.375. The molecule has 6 aromatic carbocycles. The molecular formula is C36H24F2O5. The predicted molar refractivity (Wildman–Crippen MR) is 159 cm³/mol. The third-order valence-corrected chi connectivity index (χ3v) is 6.10. The highest BCUT2D eigenvalue weighted by atomic mass is 19.1. The number of hydrogen-bond donors (Lipinski definition) is 0. The van der Waals surface area contributed by atoms with Gasteiger partial charge in [-0.15, -0.1) is 0 Å². The zero-order valence-corrected chi connectivity index (χ0v) is 22.7. The van der Waals surface area contributed by atoms with Crippen LogP contribution in [0.15, 0.2) is 146 Å². The molecule has 0 bridgehead atoms. The zero-order chi connectivity index (χ0) is 29.4. The fraction of sp³-hybridized carbons (Fsp3) is 0. The van der Waals surface area contributed by atoms with Crippen LogP contribution in [0.4, 0.5) is 8.78 Å². The average molecular weight is 575 g/mol. The molecule has 0 aromatic heterocycles. The summed E-state index contributed by atoms with van der Waals surface area (Å²) in [4.78, 5) is 0. The quantitative estimate of drug-likeness (QED) is 0.163. The molecule has 0 spiro atoms. The summed E-state index contributed by atoms with van der Waals surface area (Å²) in [7, 11) is 0. The van der Waals surface area contributed by atoms with Gasteiger partial charge in [0.2, 0.25) is 0 Å². The SMILES string of the molecule is Fc1cccc(Oc2ccccc2Oc2ccccc2Oc2ccccc2Oc2ccccc2Oc2cccc(F)c2)c1. The molecule has 6 rings (SSSR count). The van der Waals surface area contributed by atoms with Crippen LogP contribution in [0.1, 0.15) is 0 Å². The molecule has 0 atom stereocenters. The maximum absolute atomic E-state index is 13.7.